The minimum atomic E-state index is -0.150. The van der Waals surface area contributed by atoms with E-state index in [2.05, 4.69) is 10.4 Å². The summed E-state index contributed by atoms with van der Waals surface area (Å²) in [5, 5.41) is 6.86. The van der Waals surface area contributed by atoms with Crippen LogP contribution in [-0.4, -0.2) is 28.3 Å². The molecular weight excluding hydrogens is 192 g/mol. The Kier molecular flexibility index (Phi) is 4.30. The Hall–Kier alpha value is -1.36. The Morgan fingerprint density at radius 3 is 2.87 bits per heavy atom. The molecule has 0 radical (unpaired) electrons. The van der Waals surface area contributed by atoms with E-state index in [0.717, 1.165) is 0 Å². The molecule has 5 heteroatoms. The third-order valence-electron chi connectivity index (χ3n) is 2.40. The van der Waals surface area contributed by atoms with E-state index in [4.69, 9.17) is 5.73 Å². The molecule has 3 N–H and O–H groups in total. The van der Waals surface area contributed by atoms with Crippen LogP contribution in [0.2, 0.25) is 0 Å². The highest BCUT2D eigenvalue weighted by Crippen LogP contribution is 1.98. The zero-order valence-corrected chi connectivity index (χ0v) is 9.18. The number of amides is 1. The zero-order valence-electron chi connectivity index (χ0n) is 9.18. The van der Waals surface area contributed by atoms with Crippen LogP contribution >= 0.6 is 0 Å². The summed E-state index contributed by atoms with van der Waals surface area (Å²) in [5.41, 5.74) is 5.62. The number of nitrogens with two attached hydrogens (primary N) is 1. The van der Waals surface area contributed by atoms with E-state index in [0.29, 0.717) is 13.1 Å². The van der Waals surface area contributed by atoms with Gasteiger partial charge >= 0.3 is 0 Å². The summed E-state index contributed by atoms with van der Waals surface area (Å²) in [4.78, 5) is 11.5. The molecular formula is C10H18N4O. The summed E-state index contributed by atoms with van der Waals surface area (Å²) in [7, 11) is 0. The normalized spacial score (nSPS) is 14.6. The van der Waals surface area contributed by atoms with E-state index in [1.165, 1.54) is 0 Å². The maximum Gasteiger partial charge on any atom is 0.224 e. The van der Waals surface area contributed by atoms with Crippen LogP contribution in [0.1, 0.15) is 13.8 Å². The summed E-state index contributed by atoms with van der Waals surface area (Å²) in [6.45, 7) is 4.92. The lowest BCUT2D eigenvalue weighted by atomic mass is 10.0. The monoisotopic (exact) mass is 210 g/mol. The van der Waals surface area contributed by atoms with Crippen molar-refractivity contribution in [2.45, 2.75) is 26.4 Å². The van der Waals surface area contributed by atoms with Crippen molar-refractivity contribution in [1.29, 1.82) is 0 Å². The molecule has 0 aliphatic heterocycles. The lowest BCUT2D eigenvalue weighted by molar-refractivity contribution is -0.124. The predicted octanol–water partition coefficient (Wildman–Crippen LogP) is -0.0174. The van der Waals surface area contributed by atoms with Crippen LogP contribution < -0.4 is 11.1 Å². The quantitative estimate of drug-likeness (QED) is 0.717. The molecule has 5 nitrogen and oxygen atoms in total. The minimum absolute atomic E-state index is 0.00263. The summed E-state index contributed by atoms with van der Waals surface area (Å²) < 4.78 is 1.77. The van der Waals surface area contributed by atoms with E-state index in [1.54, 1.807) is 10.9 Å². The molecule has 1 aromatic rings. The van der Waals surface area contributed by atoms with Gasteiger partial charge in [-0.05, 0) is 13.0 Å². The van der Waals surface area contributed by atoms with Crippen molar-refractivity contribution in [2.24, 2.45) is 11.7 Å². The maximum atomic E-state index is 11.5. The van der Waals surface area contributed by atoms with Crippen molar-refractivity contribution in [3.8, 4) is 0 Å². The van der Waals surface area contributed by atoms with Gasteiger partial charge in [0.1, 0.15) is 0 Å². The summed E-state index contributed by atoms with van der Waals surface area (Å²) >= 11 is 0. The van der Waals surface area contributed by atoms with Gasteiger partial charge in [-0.3, -0.25) is 9.48 Å². The molecule has 84 valence electrons. The van der Waals surface area contributed by atoms with Crippen LogP contribution in [0.5, 0.6) is 0 Å². The van der Waals surface area contributed by atoms with Gasteiger partial charge in [0.25, 0.3) is 0 Å². The highest BCUT2D eigenvalue weighted by molar-refractivity contribution is 5.78. The highest BCUT2D eigenvalue weighted by Gasteiger charge is 2.15. The molecule has 2 atom stereocenters. The van der Waals surface area contributed by atoms with Gasteiger partial charge in [0, 0.05) is 30.9 Å². The number of nitrogens with zero attached hydrogens (tertiary/aromatic N) is 2. The smallest absolute Gasteiger partial charge is 0.224 e. The van der Waals surface area contributed by atoms with Crippen LogP contribution in [0.25, 0.3) is 0 Å². The van der Waals surface area contributed by atoms with Gasteiger partial charge in [-0.25, -0.2) is 0 Å². The fourth-order valence-corrected chi connectivity index (χ4v) is 1.13. The second kappa shape index (κ2) is 5.50. The van der Waals surface area contributed by atoms with E-state index < -0.39 is 0 Å². The average Bonchev–Trinajstić information content (AvgIpc) is 2.69. The second-order valence-corrected chi connectivity index (χ2v) is 3.71. The SMILES string of the molecule is CC(N)C(C)C(=O)NCCn1cccn1. The van der Waals surface area contributed by atoms with Crippen LogP contribution in [0.4, 0.5) is 0 Å². The number of carbonyl (C=O) groups excluding carboxylic acids is 1. The number of nitrogens with one attached hydrogen (secondary N) is 1. The van der Waals surface area contributed by atoms with Crippen LogP contribution in [0.15, 0.2) is 18.5 Å². The standard InChI is InChI=1S/C10H18N4O/c1-8(9(2)11)10(15)12-5-7-14-6-3-4-13-14/h3-4,6,8-9H,5,7,11H2,1-2H3,(H,12,15). The van der Waals surface area contributed by atoms with Gasteiger partial charge in [-0.1, -0.05) is 6.92 Å². The van der Waals surface area contributed by atoms with E-state index in [9.17, 15) is 4.79 Å². The van der Waals surface area contributed by atoms with Crippen LogP contribution in [-0.2, 0) is 11.3 Å². The van der Waals surface area contributed by atoms with Gasteiger partial charge < -0.3 is 11.1 Å². The number of rotatable bonds is 5. The molecule has 0 bridgehead atoms. The van der Waals surface area contributed by atoms with Crippen molar-refractivity contribution in [3.63, 3.8) is 0 Å². The highest BCUT2D eigenvalue weighted by atomic mass is 16.1. The van der Waals surface area contributed by atoms with Gasteiger partial charge in [0.2, 0.25) is 5.91 Å². The van der Waals surface area contributed by atoms with Crippen molar-refractivity contribution in [2.75, 3.05) is 6.54 Å². The summed E-state index contributed by atoms with van der Waals surface area (Å²) in [6, 6.07) is 1.74. The zero-order chi connectivity index (χ0) is 11.3. The molecule has 1 heterocycles. The Balaban J connectivity index is 2.23. The first kappa shape index (κ1) is 11.7. The van der Waals surface area contributed by atoms with Gasteiger partial charge in [0.15, 0.2) is 0 Å². The molecule has 0 saturated heterocycles. The molecule has 2 unspecified atom stereocenters. The third kappa shape index (κ3) is 3.71. The lowest BCUT2D eigenvalue weighted by Crippen LogP contribution is -2.39. The molecule has 0 aliphatic rings. The van der Waals surface area contributed by atoms with Crippen molar-refractivity contribution in [3.05, 3.63) is 18.5 Å². The fraction of sp³-hybridized carbons (Fsp3) is 0.600. The van der Waals surface area contributed by atoms with Crippen molar-refractivity contribution in [1.82, 2.24) is 15.1 Å². The lowest BCUT2D eigenvalue weighted by Gasteiger charge is -2.15. The minimum Gasteiger partial charge on any atom is -0.354 e. The van der Waals surface area contributed by atoms with Crippen molar-refractivity contribution >= 4 is 5.91 Å². The van der Waals surface area contributed by atoms with Gasteiger partial charge in [-0.15, -0.1) is 0 Å². The second-order valence-electron chi connectivity index (χ2n) is 3.71. The largest absolute Gasteiger partial charge is 0.354 e. The Bertz CT molecular complexity index is 294. The number of hydrogen-bond acceptors (Lipinski definition) is 3. The summed E-state index contributed by atoms with van der Waals surface area (Å²) in [5.74, 6) is -0.153. The van der Waals surface area contributed by atoms with E-state index in [1.807, 2.05) is 26.1 Å². The number of hydrogen-bond donors (Lipinski definition) is 2. The molecule has 1 amide bonds. The first-order valence-electron chi connectivity index (χ1n) is 5.12. The molecule has 0 aliphatic carbocycles. The topological polar surface area (TPSA) is 72.9 Å². The molecule has 0 fully saturated rings. The molecule has 0 spiro atoms. The predicted molar refractivity (Wildman–Crippen MR) is 58.1 cm³/mol. The number of carbonyl (C=O) groups is 1. The number of aromatic nitrogens is 2. The van der Waals surface area contributed by atoms with E-state index >= 15 is 0 Å². The maximum absolute atomic E-state index is 11.5. The molecule has 1 rings (SSSR count). The molecule has 1 aromatic heterocycles. The first-order valence-corrected chi connectivity index (χ1v) is 5.12. The van der Waals surface area contributed by atoms with Crippen LogP contribution in [0, 0.1) is 5.92 Å². The molecule has 15 heavy (non-hydrogen) atoms. The Morgan fingerprint density at radius 1 is 1.60 bits per heavy atom. The Morgan fingerprint density at radius 2 is 2.33 bits per heavy atom. The first-order chi connectivity index (χ1) is 7.11. The molecule has 0 saturated carbocycles. The average molecular weight is 210 g/mol. The van der Waals surface area contributed by atoms with Crippen LogP contribution in [0.3, 0.4) is 0 Å². The van der Waals surface area contributed by atoms with Gasteiger partial charge in [-0.2, -0.15) is 5.10 Å². The van der Waals surface area contributed by atoms with E-state index in [-0.39, 0.29) is 17.9 Å². The third-order valence-corrected chi connectivity index (χ3v) is 2.40. The molecule has 0 aromatic carbocycles. The Labute approximate surface area is 89.6 Å². The van der Waals surface area contributed by atoms with Crippen molar-refractivity contribution < 1.29 is 4.79 Å². The van der Waals surface area contributed by atoms with Gasteiger partial charge in [0.05, 0.1) is 6.54 Å². The summed E-state index contributed by atoms with van der Waals surface area (Å²) in [6.07, 6.45) is 3.58. The fourth-order valence-electron chi connectivity index (χ4n) is 1.13.